The van der Waals surface area contributed by atoms with E-state index in [1.807, 2.05) is 45.0 Å². The van der Waals surface area contributed by atoms with Crippen LogP contribution in [0.3, 0.4) is 0 Å². The van der Waals surface area contributed by atoms with Gasteiger partial charge in [0.2, 0.25) is 11.8 Å². The summed E-state index contributed by atoms with van der Waals surface area (Å²) in [7, 11) is -4.17. The van der Waals surface area contributed by atoms with Gasteiger partial charge in [-0.15, -0.1) is 0 Å². The van der Waals surface area contributed by atoms with Gasteiger partial charge in [-0.3, -0.25) is 13.9 Å². The van der Waals surface area contributed by atoms with Crippen LogP contribution in [0.4, 0.5) is 5.69 Å². The lowest BCUT2D eigenvalue weighted by Gasteiger charge is -2.32. The van der Waals surface area contributed by atoms with Crippen LogP contribution in [0.2, 0.25) is 5.02 Å². The molecule has 3 aromatic rings. The van der Waals surface area contributed by atoms with E-state index in [1.165, 1.54) is 17.0 Å². The topological polar surface area (TPSA) is 86.8 Å². The first kappa shape index (κ1) is 29.7. The Labute approximate surface area is 238 Å². The van der Waals surface area contributed by atoms with Gasteiger partial charge in [-0.2, -0.15) is 0 Å². The molecule has 3 aromatic carbocycles. The Morgan fingerprint density at radius 2 is 1.63 bits per heavy atom. The highest BCUT2D eigenvalue weighted by molar-refractivity contribution is 9.10. The van der Waals surface area contributed by atoms with Crippen LogP contribution in [0.5, 0.6) is 0 Å². The van der Waals surface area contributed by atoms with Crippen LogP contribution in [-0.2, 0) is 26.2 Å². The summed E-state index contributed by atoms with van der Waals surface area (Å²) >= 11 is 9.86. The first-order chi connectivity index (χ1) is 17.9. The minimum absolute atomic E-state index is 0.0277. The third-order valence-electron chi connectivity index (χ3n) is 5.85. The maximum absolute atomic E-state index is 13.9. The van der Waals surface area contributed by atoms with Crippen LogP contribution in [0, 0.1) is 6.92 Å². The van der Waals surface area contributed by atoms with Crippen molar-refractivity contribution in [2.24, 2.45) is 0 Å². The number of anilines is 1. The predicted molar refractivity (Wildman–Crippen MR) is 155 cm³/mol. The van der Waals surface area contributed by atoms with E-state index in [1.54, 1.807) is 43.3 Å². The highest BCUT2D eigenvalue weighted by atomic mass is 79.9. The molecule has 0 saturated carbocycles. The number of hydrogen-bond donors (Lipinski definition) is 1. The Kier molecular flexibility index (Phi) is 9.98. The summed E-state index contributed by atoms with van der Waals surface area (Å²) < 4.78 is 29.5. The summed E-state index contributed by atoms with van der Waals surface area (Å²) in [5.41, 5.74) is 1.85. The second-order valence-electron chi connectivity index (χ2n) is 9.27. The number of hydrogen-bond acceptors (Lipinski definition) is 4. The van der Waals surface area contributed by atoms with Crippen molar-refractivity contribution in [3.63, 3.8) is 0 Å². The van der Waals surface area contributed by atoms with Crippen LogP contribution in [0.1, 0.15) is 31.9 Å². The van der Waals surface area contributed by atoms with Crippen LogP contribution in [0.25, 0.3) is 0 Å². The van der Waals surface area contributed by atoms with E-state index < -0.39 is 28.5 Å². The number of sulfonamides is 1. The van der Waals surface area contributed by atoms with E-state index in [-0.39, 0.29) is 34.1 Å². The third-order valence-corrected chi connectivity index (χ3v) is 8.44. The standard InChI is InChI=1S/C28H31BrClN3O4S/c1-19(2)31-28(35)21(4)32(17-22-8-7-9-23(29)16-22)27(34)18-33(26-11-6-5-10-25(26)30)38(36,37)24-14-12-20(3)13-15-24/h5-16,19,21H,17-18H2,1-4H3,(H,31,35). The van der Waals surface area contributed by atoms with Gasteiger partial charge in [0.15, 0.2) is 0 Å². The van der Waals surface area contributed by atoms with Crippen LogP contribution >= 0.6 is 27.5 Å². The number of halogens is 2. The first-order valence-corrected chi connectivity index (χ1v) is 14.7. The number of benzene rings is 3. The first-order valence-electron chi connectivity index (χ1n) is 12.1. The van der Waals surface area contributed by atoms with E-state index >= 15 is 0 Å². The molecule has 1 unspecified atom stereocenters. The summed E-state index contributed by atoms with van der Waals surface area (Å²) in [6.07, 6.45) is 0. The number of nitrogens with zero attached hydrogens (tertiary/aromatic N) is 2. The summed E-state index contributed by atoms with van der Waals surface area (Å²) in [6.45, 7) is 6.70. The quantitative estimate of drug-likeness (QED) is 0.322. The number of carbonyl (C=O) groups is 2. The molecule has 0 heterocycles. The van der Waals surface area contributed by atoms with Crippen molar-refractivity contribution < 1.29 is 18.0 Å². The van der Waals surface area contributed by atoms with Crippen molar-refractivity contribution in [2.45, 2.75) is 51.2 Å². The molecule has 0 fully saturated rings. The average Bonchev–Trinajstić information content (AvgIpc) is 2.85. The molecular formula is C28H31BrClN3O4S. The van der Waals surface area contributed by atoms with Gasteiger partial charge in [0.25, 0.3) is 10.0 Å². The zero-order valence-corrected chi connectivity index (χ0v) is 24.8. The molecule has 0 aliphatic rings. The van der Waals surface area contributed by atoms with Crippen molar-refractivity contribution in [1.29, 1.82) is 0 Å². The maximum Gasteiger partial charge on any atom is 0.264 e. The fraction of sp³-hybridized carbons (Fsp3) is 0.286. The highest BCUT2D eigenvalue weighted by Crippen LogP contribution is 2.31. The van der Waals surface area contributed by atoms with Gasteiger partial charge >= 0.3 is 0 Å². The Bertz CT molecular complexity index is 1400. The zero-order valence-electron chi connectivity index (χ0n) is 21.7. The second-order valence-corrected chi connectivity index (χ2v) is 12.5. The van der Waals surface area contributed by atoms with E-state index in [2.05, 4.69) is 21.2 Å². The number of carbonyl (C=O) groups excluding carboxylic acids is 2. The fourth-order valence-electron chi connectivity index (χ4n) is 3.82. The molecule has 0 radical (unpaired) electrons. The lowest BCUT2D eigenvalue weighted by molar-refractivity contribution is -0.139. The van der Waals surface area contributed by atoms with Gasteiger partial charge < -0.3 is 10.2 Å². The molecule has 0 bridgehead atoms. The monoisotopic (exact) mass is 619 g/mol. The molecule has 0 aliphatic heterocycles. The van der Waals surface area contributed by atoms with Gasteiger partial charge in [-0.05, 0) is 69.7 Å². The molecule has 2 amide bonds. The molecular weight excluding hydrogens is 590 g/mol. The van der Waals surface area contributed by atoms with E-state index in [9.17, 15) is 18.0 Å². The number of para-hydroxylation sites is 1. The SMILES string of the molecule is Cc1ccc(S(=O)(=O)N(CC(=O)N(Cc2cccc(Br)c2)C(C)C(=O)NC(C)C)c2ccccc2Cl)cc1. The zero-order chi connectivity index (χ0) is 28.0. The normalized spacial score (nSPS) is 12.2. The van der Waals surface area contributed by atoms with Crippen LogP contribution < -0.4 is 9.62 Å². The second kappa shape index (κ2) is 12.8. The predicted octanol–water partition coefficient (Wildman–Crippen LogP) is 5.55. The van der Waals surface area contributed by atoms with Crippen molar-refractivity contribution in [3.8, 4) is 0 Å². The number of aryl methyl sites for hydroxylation is 1. The molecule has 3 rings (SSSR count). The summed E-state index contributed by atoms with van der Waals surface area (Å²) in [5.74, 6) is -0.888. The van der Waals surface area contributed by atoms with Crippen molar-refractivity contribution >= 4 is 55.1 Å². The Morgan fingerprint density at radius 1 is 0.974 bits per heavy atom. The Balaban J connectivity index is 2.05. The number of rotatable bonds is 10. The van der Waals surface area contributed by atoms with Gasteiger partial charge in [-0.1, -0.05) is 69.5 Å². The molecule has 10 heteroatoms. The smallest absolute Gasteiger partial charge is 0.264 e. The largest absolute Gasteiger partial charge is 0.352 e. The van der Waals surface area contributed by atoms with E-state index in [4.69, 9.17) is 11.6 Å². The summed E-state index contributed by atoms with van der Waals surface area (Å²) in [4.78, 5) is 28.2. The van der Waals surface area contributed by atoms with Gasteiger partial charge in [-0.25, -0.2) is 8.42 Å². The van der Waals surface area contributed by atoms with Crippen LogP contribution in [-0.4, -0.2) is 43.8 Å². The number of amides is 2. The van der Waals surface area contributed by atoms with Crippen molar-refractivity contribution in [3.05, 3.63) is 93.4 Å². The minimum Gasteiger partial charge on any atom is -0.352 e. The minimum atomic E-state index is -4.17. The summed E-state index contributed by atoms with van der Waals surface area (Å²) in [6, 6.07) is 19.2. The molecule has 1 N–H and O–H groups in total. The lowest BCUT2D eigenvalue weighted by atomic mass is 10.1. The van der Waals surface area contributed by atoms with E-state index in [0.717, 1.165) is 19.9 Å². The van der Waals surface area contributed by atoms with E-state index in [0.29, 0.717) is 0 Å². The molecule has 7 nitrogen and oxygen atoms in total. The Morgan fingerprint density at radius 3 is 2.24 bits per heavy atom. The fourth-order valence-corrected chi connectivity index (χ4v) is 5.99. The van der Waals surface area contributed by atoms with Gasteiger partial charge in [0, 0.05) is 17.1 Å². The van der Waals surface area contributed by atoms with Crippen molar-refractivity contribution in [1.82, 2.24) is 10.2 Å². The molecule has 0 spiro atoms. The molecule has 202 valence electrons. The van der Waals surface area contributed by atoms with Gasteiger partial charge in [0.1, 0.15) is 12.6 Å². The summed E-state index contributed by atoms with van der Waals surface area (Å²) in [5, 5.41) is 3.02. The molecule has 0 saturated heterocycles. The Hall–Kier alpha value is -2.88. The number of nitrogens with one attached hydrogen (secondary N) is 1. The van der Waals surface area contributed by atoms with Crippen LogP contribution in [0.15, 0.2) is 82.2 Å². The molecule has 38 heavy (non-hydrogen) atoms. The molecule has 1 atom stereocenters. The van der Waals surface area contributed by atoms with Crippen molar-refractivity contribution in [2.75, 3.05) is 10.8 Å². The van der Waals surface area contributed by atoms with Gasteiger partial charge in [0.05, 0.1) is 15.6 Å². The average molecular weight is 621 g/mol. The highest BCUT2D eigenvalue weighted by Gasteiger charge is 2.33. The maximum atomic E-state index is 13.9. The lowest BCUT2D eigenvalue weighted by Crippen LogP contribution is -2.52. The third kappa shape index (κ3) is 7.36. The molecule has 0 aromatic heterocycles. The molecule has 0 aliphatic carbocycles.